The zero-order chi connectivity index (χ0) is 14.4. The van der Waals surface area contributed by atoms with Gasteiger partial charge in [0.05, 0.1) is 5.56 Å². The monoisotopic (exact) mass is 316 g/mol. The smallest absolute Gasteiger partial charge is 0.255 e. The van der Waals surface area contributed by atoms with E-state index in [2.05, 4.69) is 5.32 Å². The normalized spacial score (nSPS) is 15.1. The summed E-state index contributed by atoms with van der Waals surface area (Å²) < 4.78 is 18.7. The van der Waals surface area contributed by atoms with Gasteiger partial charge >= 0.3 is 0 Å². The first kappa shape index (κ1) is 17.7. The molecule has 1 amide bonds. The van der Waals surface area contributed by atoms with Crippen LogP contribution in [0.15, 0.2) is 18.2 Å². The second-order valence-corrected chi connectivity index (χ2v) is 5.09. The van der Waals surface area contributed by atoms with E-state index in [1.165, 1.54) is 24.6 Å². The molecule has 1 aromatic rings. The predicted molar refractivity (Wildman–Crippen MR) is 82.5 cm³/mol. The SMILES string of the molecule is Cl.NCCOc1ccc(F)cc1C(=O)NC1CCCCC1. The third-order valence-corrected chi connectivity index (χ3v) is 3.50. The van der Waals surface area contributed by atoms with Gasteiger partial charge in [0.1, 0.15) is 18.2 Å². The van der Waals surface area contributed by atoms with E-state index in [1.807, 2.05) is 0 Å². The van der Waals surface area contributed by atoms with E-state index in [-0.39, 0.29) is 29.9 Å². The van der Waals surface area contributed by atoms with Crippen molar-refractivity contribution in [3.63, 3.8) is 0 Å². The number of carbonyl (C=O) groups excluding carboxylic acids is 1. The van der Waals surface area contributed by atoms with E-state index in [4.69, 9.17) is 10.5 Å². The molecule has 0 unspecified atom stereocenters. The molecule has 1 saturated carbocycles. The van der Waals surface area contributed by atoms with Crippen LogP contribution in [-0.2, 0) is 0 Å². The molecule has 4 nitrogen and oxygen atoms in total. The third-order valence-electron chi connectivity index (χ3n) is 3.50. The Labute approximate surface area is 130 Å². The van der Waals surface area contributed by atoms with E-state index in [0.29, 0.717) is 18.9 Å². The average Bonchev–Trinajstić information content (AvgIpc) is 2.47. The second kappa shape index (κ2) is 8.85. The van der Waals surface area contributed by atoms with Crippen molar-refractivity contribution in [2.24, 2.45) is 5.73 Å². The maximum Gasteiger partial charge on any atom is 0.255 e. The van der Waals surface area contributed by atoms with E-state index >= 15 is 0 Å². The standard InChI is InChI=1S/C15H21FN2O2.ClH/c16-11-6-7-14(20-9-8-17)13(10-11)15(19)18-12-4-2-1-3-5-12;/h6-7,10,12H,1-5,8-9,17H2,(H,18,19);1H. The van der Waals surface area contributed by atoms with Crippen LogP contribution in [0.5, 0.6) is 5.75 Å². The molecule has 0 atom stereocenters. The Kier molecular flexibility index (Phi) is 7.47. The lowest BCUT2D eigenvalue weighted by Crippen LogP contribution is -2.36. The lowest BCUT2D eigenvalue weighted by atomic mass is 9.95. The topological polar surface area (TPSA) is 64.3 Å². The molecule has 118 valence electrons. The Balaban J connectivity index is 0.00000220. The van der Waals surface area contributed by atoms with Crippen LogP contribution in [0.2, 0.25) is 0 Å². The van der Waals surface area contributed by atoms with Gasteiger partial charge in [0.25, 0.3) is 5.91 Å². The minimum absolute atomic E-state index is 0. The Bertz CT molecular complexity index is 465. The van der Waals surface area contributed by atoms with Gasteiger partial charge in [0, 0.05) is 12.6 Å². The van der Waals surface area contributed by atoms with Crippen LogP contribution in [0.1, 0.15) is 42.5 Å². The predicted octanol–water partition coefficient (Wildman–Crippen LogP) is 2.65. The molecule has 1 aliphatic carbocycles. The van der Waals surface area contributed by atoms with Crippen LogP contribution in [0.25, 0.3) is 0 Å². The number of hydrogen-bond donors (Lipinski definition) is 2. The number of rotatable bonds is 5. The molecule has 0 aromatic heterocycles. The van der Waals surface area contributed by atoms with Gasteiger partial charge in [-0.3, -0.25) is 4.79 Å². The van der Waals surface area contributed by atoms with Crippen molar-refractivity contribution in [1.29, 1.82) is 0 Å². The molecule has 2 rings (SSSR count). The highest BCUT2D eigenvalue weighted by atomic mass is 35.5. The number of ether oxygens (including phenoxy) is 1. The van der Waals surface area contributed by atoms with E-state index in [0.717, 1.165) is 25.7 Å². The lowest BCUT2D eigenvalue weighted by Gasteiger charge is -2.23. The maximum absolute atomic E-state index is 13.3. The Morgan fingerprint density at radius 2 is 2.05 bits per heavy atom. The molecule has 0 aliphatic heterocycles. The Morgan fingerprint density at radius 1 is 1.33 bits per heavy atom. The van der Waals surface area contributed by atoms with E-state index in [1.54, 1.807) is 0 Å². The van der Waals surface area contributed by atoms with Crippen molar-refractivity contribution in [2.45, 2.75) is 38.1 Å². The summed E-state index contributed by atoms with van der Waals surface area (Å²) in [6, 6.07) is 4.15. The van der Waals surface area contributed by atoms with Crippen molar-refractivity contribution in [3.05, 3.63) is 29.6 Å². The molecule has 1 aromatic carbocycles. The largest absolute Gasteiger partial charge is 0.491 e. The molecule has 21 heavy (non-hydrogen) atoms. The van der Waals surface area contributed by atoms with Gasteiger partial charge in [-0.25, -0.2) is 4.39 Å². The zero-order valence-corrected chi connectivity index (χ0v) is 12.8. The van der Waals surface area contributed by atoms with Crippen LogP contribution in [0.3, 0.4) is 0 Å². The maximum atomic E-state index is 13.3. The number of benzene rings is 1. The van der Waals surface area contributed by atoms with Crippen molar-refractivity contribution >= 4 is 18.3 Å². The first-order valence-electron chi connectivity index (χ1n) is 7.14. The van der Waals surface area contributed by atoms with Gasteiger partial charge in [-0.1, -0.05) is 19.3 Å². The third kappa shape index (κ3) is 5.17. The van der Waals surface area contributed by atoms with Gasteiger partial charge in [0.2, 0.25) is 0 Å². The molecular weight excluding hydrogens is 295 g/mol. The van der Waals surface area contributed by atoms with E-state index < -0.39 is 5.82 Å². The molecule has 6 heteroatoms. The number of amides is 1. The average molecular weight is 317 g/mol. The fourth-order valence-electron chi connectivity index (χ4n) is 2.48. The second-order valence-electron chi connectivity index (χ2n) is 5.09. The quantitative estimate of drug-likeness (QED) is 0.877. The van der Waals surface area contributed by atoms with Crippen LogP contribution < -0.4 is 15.8 Å². The van der Waals surface area contributed by atoms with Gasteiger partial charge in [-0.15, -0.1) is 12.4 Å². The van der Waals surface area contributed by atoms with Crippen molar-refractivity contribution in [1.82, 2.24) is 5.32 Å². The van der Waals surface area contributed by atoms with Gasteiger partial charge in [-0.2, -0.15) is 0 Å². The summed E-state index contributed by atoms with van der Waals surface area (Å²) in [6.45, 7) is 0.649. The van der Waals surface area contributed by atoms with Gasteiger partial charge in [-0.05, 0) is 31.0 Å². The summed E-state index contributed by atoms with van der Waals surface area (Å²) in [5.41, 5.74) is 5.62. The summed E-state index contributed by atoms with van der Waals surface area (Å²) in [6.07, 6.45) is 5.45. The highest BCUT2D eigenvalue weighted by Gasteiger charge is 2.19. The molecule has 1 fully saturated rings. The lowest BCUT2D eigenvalue weighted by molar-refractivity contribution is 0.0923. The molecule has 3 N–H and O–H groups in total. The first-order chi connectivity index (χ1) is 9.70. The van der Waals surface area contributed by atoms with Crippen LogP contribution >= 0.6 is 12.4 Å². The van der Waals surface area contributed by atoms with Gasteiger partial charge in [0.15, 0.2) is 0 Å². The van der Waals surface area contributed by atoms with Gasteiger partial charge < -0.3 is 15.8 Å². The number of halogens is 2. The highest BCUT2D eigenvalue weighted by molar-refractivity contribution is 5.97. The van der Waals surface area contributed by atoms with E-state index in [9.17, 15) is 9.18 Å². The first-order valence-corrected chi connectivity index (χ1v) is 7.14. The summed E-state index contributed by atoms with van der Waals surface area (Å²) in [5, 5.41) is 2.96. The molecule has 0 spiro atoms. The number of nitrogens with one attached hydrogen (secondary N) is 1. The van der Waals surface area contributed by atoms with Crippen molar-refractivity contribution in [2.75, 3.05) is 13.2 Å². The fraction of sp³-hybridized carbons (Fsp3) is 0.533. The minimum atomic E-state index is -0.445. The number of hydrogen-bond acceptors (Lipinski definition) is 3. The molecule has 0 bridgehead atoms. The minimum Gasteiger partial charge on any atom is -0.491 e. The van der Waals surface area contributed by atoms with Crippen molar-refractivity contribution in [3.8, 4) is 5.75 Å². The van der Waals surface area contributed by atoms with Crippen LogP contribution in [0, 0.1) is 5.82 Å². The summed E-state index contributed by atoms with van der Waals surface area (Å²) in [5.74, 6) is -0.340. The zero-order valence-electron chi connectivity index (χ0n) is 11.9. The molecule has 0 radical (unpaired) electrons. The molecular formula is C15H22ClFN2O2. The number of nitrogens with two attached hydrogens (primary N) is 1. The Morgan fingerprint density at radius 3 is 2.71 bits per heavy atom. The van der Waals surface area contributed by atoms with Crippen molar-refractivity contribution < 1.29 is 13.9 Å². The molecule has 1 aliphatic rings. The summed E-state index contributed by atoms with van der Waals surface area (Å²) >= 11 is 0. The molecule has 0 saturated heterocycles. The molecule has 0 heterocycles. The van der Waals surface area contributed by atoms with Crippen LogP contribution in [0.4, 0.5) is 4.39 Å². The fourth-order valence-corrected chi connectivity index (χ4v) is 2.48. The number of carbonyl (C=O) groups is 1. The van der Waals surface area contributed by atoms with Crippen LogP contribution in [-0.4, -0.2) is 25.1 Å². The summed E-state index contributed by atoms with van der Waals surface area (Å²) in [4.78, 5) is 12.3. The highest BCUT2D eigenvalue weighted by Crippen LogP contribution is 2.22. The summed E-state index contributed by atoms with van der Waals surface area (Å²) in [7, 11) is 0. The Hall–Kier alpha value is -1.33.